The summed E-state index contributed by atoms with van der Waals surface area (Å²) in [6.45, 7) is 8.00. The maximum absolute atomic E-state index is 13.2. The second-order valence-corrected chi connectivity index (χ2v) is 10.8. The van der Waals surface area contributed by atoms with Gasteiger partial charge in [-0.1, -0.05) is 60.7 Å². The molecule has 1 atom stereocenters. The second kappa shape index (κ2) is 11.0. The Morgan fingerprint density at radius 1 is 1.06 bits per heavy atom. The number of aromatic nitrogens is 1. The zero-order valence-electron chi connectivity index (χ0n) is 20.4. The molecule has 8 heteroatoms. The molecule has 1 aromatic heterocycles. The van der Waals surface area contributed by atoms with Gasteiger partial charge < -0.3 is 15.4 Å². The van der Waals surface area contributed by atoms with Gasteiger partial charge in [0.1, 0.15) is 11.6 Å². The van der Waals surface area contributed by atoms with E-state index in [4.69, 9.17) is 4.74 Å². The molecule has 1 unspecified atom stereocenters. The number of hydrogen-bond donors (Lipinski definition) is 2. The van der Waals surface area contributed by atoms with Gasteiger partial charge in [-0.05, 0) is 31.9 Å². The first-order valence-electron chi connectivity index (χ1n) is 11.8. The lowest BCUT2D eigenvalue weighted by Gasteiger charge is -2.25. The summed E-state index contributed by atoms with van der Waals surface area (Å²) in [5.41, 5.74) is 2.61. The summed E-state index contributed by atoms with van der Waals surface area (Å²) in [5, 5.41) is 6.23. The highest BCUT2D eigenvalue weighted by atomic mass is 32.1. The Morgan fingerprint density at radius 2 is 1.71 bits per heavy atom. The SMILES string of the molecule is CC(C)(C)OC(=O)NC(Cc1ccccc1)C(=O)Nc1nc2c(s1)CN(Cc1ccccc1)CC2. The minimum absolute atomic E-state index is 0.313. The van der Waals surface area contributed by atoms with Gasteiger partial charge in [0.2, 0.25) is 5.91 Å². The van der Waals surface area contributed by atoms with E-state index in [0.29, 0.717) is 11.6 Å². The third-order valence-corrected chi connectivity index (χ3v) is 6.58. The lowest BCUT2D eigenvalue weighted by molar-refractivity contribution is -0.118. The van der Waals surface area contributed by atoms with Crippen LogP contribution in [-0.2, 0) is 35.5 Å². The Hall–Kier alpha value is -3.23. The topological polar surface area (TPSA) is 83.6 Å². The van der Waals surface area contributed by atoms with Crippen LogP contribution in [0, 0.1) is 0 Å². The van der Waals surface area contributed by atoms with E-state index in [2.05, 4.69) is 44.8 Å². The molecule has 2 heterocycles. The maximum Gasteiger partial charge on any atom is 0.408 e. The van der Waals surface area contributed by atoms with Crippen LogP contribution in [-0.4, -0.2) is 40.1 Å². The number of nitrogens with one attached hydrogen (secondary N) is 2. The fourth-order valence-electron chi connectivity index (χ4n) is 3.98. The summed E-state index contributed by atoms with van der Waals surface area (Å²) < 4.78 is 5.38. The molecule has 184 valence electrons. The van der Waals surface area contributed by atoms with Crippen LogP contribution in [0.15, 0.2) is 60.7 Å². The van der Waals surface area contributed by atoms with Gasteiger partial charge in [-0.15, -0.1) is 11.3 Å². The fourth-order valence-corrected chi connectivity index (χ4v) is 5.03. The Morgan fingerprint density at radius 3 is 2.37 bits per heavy atom. The first kappa shape index (κ1) is 24.9. The molecule has 0 aliphatic carbocycles. The van der Waals surface area contributed by atoms with Gasteiger partial charge in [0, 0.05) is 37.4 Å². The third-order valence-electron chi connectivity index (χ3n) is 5.58. The number of carbonyl (C=O) groups is 2. The van der Waals surface area contributed by atoms with E-state index >= 15 is 0 Å². The van der Waals surface area contributed by atoms with E-state index in [0.717, 1.165) is 37.3 Å². The van der Waals surface area contributed by atoms with Crippen LogP contribution in [0.4, 0.5) is 9.93 Å². The molecule has 0 radical (unpaired) electrons. The second-order valence-electron chi connectivity index (χ2n) is 9.71. The molecule has 1 aliphatic heterocycles. The first-order chi connectivity index (χ1) is 16.7. The molecule has 1 aliphatic rings. The minimum Gasteiger partial charge on any atom is -0.444 e. The van der Waals surface area contributed by atoms with Crippen LogP contribution in [0.5, 0.6) is 0 Å². The maximum atomic E-state index is 13.2. The minimum atomic E-state index is -0.789. The number of amides is 2. The highest BCUT2D eigenvalue weighted by Gasteiger charge is 2.27. The van der Waals surface area contributed by atoms with Crippen molar-refractivity contribution in [2.24, 2.45) is 0 Å². The van der Waals surface area contributed by atoms with Crippen molar-refractivity contribution in [2.75, 3.05) is 11.9 Å². The van der Waals surface area contributed by atoms with Gasteiger partial charge in [0.25, 0.3) is 0 Å². The molecule has 2 N–H and O–H groups in total. The van der Waals surface area contributed by atoms with Crippen molar-refractivity contribution in [1.82, 2.24) is 15.2 Å². The molecule has 0 fully saturated rings. The molecule has 0 bridgehead atoms. The molecule has 3 aromatic rings. The molecule has 4 rings (SSSR count). The predicted octanol–water partition coefficient (Wildman–Crippen LogP) is 4.78. The Kier molecular flexibility index (Phi) is 7.83. The summed E-state index contributed by atoms with van der Waals surface area (Å²) in [6.07, 6.45) is 0.573. The summed E-state index contributed by atoms with van der Waals surface area (Å²) in [6, 6.07) is 19.2. The van der Waals surface area contributed by atoms with E-state index in [1.807, 2.05) is 36.4 Å². The summed E-state index contributed by atoms with van der Waals surface area (Å²) in [5.74, 6) is -0.313. The van der Waals surface area contributed by atoms with Crippen LogP contribution < -0.4 is 10.6 Å². The molecular weight excluding hydrogens is 460 g/mol. The number of rotatable bonds is 7. The van der Waals surface area contributed by atoms with E-state index in [1.165, 1.54) is 21.8 Å². The van der Waals surface area contributed by atoms with Crippen LogP contribution in [0.1, 0.15) is 42.5 Å². The average Bonchev–Trinajstić information content (AvgIpc) is 3.20. The van der Waals surface area contributed by atoms with Gasteiger partial charge in [-0.25, -0.2) is 9.78 Å². The molecular formula is C27H32N4O3S. The van der Waals surface area contributed by atoms with Crippen molar-refractivity contribution >= 4 is 28.5 Å². The molecule has 0 saturated heterocycles. The molecule has 35 heavy (non-hydrogen) atoms. The van der Waals surface area contributed by atoms with Crippen molar-refractivity contribution < 1.29 is 14.3 Å². The first-order valence-corrected chi connectivity index (χ1v) is 12.7. The zero-order valence-corrected chi connectivity index (χ0v) is 21.2. The predicted molar refractivity (Wildman–Crippen MR) is 138 cm³/mol. The average molecular weight is 493 g/mol. The van der Waals surface area contributed by atoms with Crippen molar-refractivity contribution in [3.63, 3.8) is 0 Å². The molecule has 2 aromatic carbocycles. The smallest absolute Gasteiger partial charge is 0.408 e. The summed E-state index contributed by atoms with van der Waals surface area (Å²) in [7, 11) is 0. The highest BCUT2D eigenvalue weighted by Crippen LogP contribution is 2.29. The number of ether oxygens (including phenoxy) is 1. The Labute approximate surface area is 210 Å². The molecule has 2 amide bonds. The number of anilines is 1. The van der Waals surface area contributed by atoms with Crippen molar-refractivity contribution in [1.29, 1.82) is 0 Å². The van der Waals surface area contributed by atoms with Crippen molar-refractivity contribution in [2.45, 2.75) is 58.3 Å². The van der Waals surface area contributed by atoms with Gasteiger partial charge in [-0.2, -0.15) is 0 Å². The summed E-state index contributed by atoms with van der Waals surface area (Å²) >= 11 is 1.50. The van der Waals surface area contributed by atoms with Gasteiger partial charge in [0.15, 0.2) is 5.13 Å². The summed E-state index contributed by atoms with van der Waals surface area (Å²) in [4.78, 5) is 33.9. The third kappa shape index (κ3) is 7.37. The van der Waals surface area contributed by atoms with E-state index in [1.54, 1.807) is 20.8 Å². The van der Waals surface area contributed by atoms with Gasteiger partial charge in [0.05, 0.1) is 5.69 Å². The van der Waals surface area contributed by atoms with Gasteiger partial charge >= 0.3 is 6.09 Å². The van der Waals surface area contributed by atoms with Crippen LogP contribution in [0.3, 0.4) is 0 Å². The van der Waals surface area contributed by atoms with E-state index in [9.17, 15) is 9.59 Å². The Bertz CT molecular complexity index is 1140. The van der Waals surface area contributed by atoms with Crippen LogP contribution in [0.25, 0.3) is 0 Å². The van der Waals surface area contributed by atoms with Crippen LogP contribution in [0.2, 0.25) is 0 Å². The number of benzene rings is 2. The zero-order chi connectivity index (χ0) is 24.8. The lowest BCUT2D eigenvalue weighted by Crippen LogP contribution is -2.47. The van der Waals surface area contributed by atoms with E-state index in [-0.39, 0.29) is 5.91 Å². The quantitative estimate of drug-likeness (QED) is 0.496. The number of thiazole rings is 1. The number of hydrogen-bond acceptors (Lipinski definition) is 6. The molecule has 0 spiro atoms. The number of fused-ring (bicyclic) bond motifs is 1. The monoisotopic (exact) mass is 492 g/mol. The largest absolute Gasteiger partial charge is 0.444 e. The number of alkyl carbamates (subject to hydrolysis) is 1. The fraction of sp³-hybridized carbons (Fsp3) is 0.370. The van der Waals surface area contributed by atoms with Crippen molar-refractivity contribution in [3.8, 4) is 0 Å². The number of nitrogens with zero attached hydrogens (tertiary/aromatic N) is 2. The normalized spacial score (nSPS) is 14.6. The highest BCUT2D eigenvalue weighted by molar-refractivity contribution is 7.15. The van der Waals surface area contributed by atoms with Gasteiger partial charge in [-0.3, -0.25) is 9.69 Å². The van der Waals surface area contributed by atoms with Crippen molar-refractivity contribution in [3.05, 3.63) is 82.4 Å². The van der Waals surface area contributed by atoms with E-state index < -0.39 is 17.7 Å². The standard InChI is InChI=1S/C27H32N4O3S/c1-27(2,3)34-26(33)29-22(16-19-10-6-4-7-11-19)24(32)30-25-28-21-14-15-31(18-23(21)35-25)17-20-12-8-5-9-13-20/h4-13,22H,14-18H2,1-3H3,(H,29,33)(H,28,30,32). The Balaban J connectivity index is 1.42. The number of carbonyl (C=O) groups excluding carboxylic acids is 2. The molecule has 7 nitrogen and oxygen atoms in total. The lowest BCUT2D eigenvalue weighted by atomic mass is 10.1. The molecule has 0 saturated carbocycles. The van der Waals surface area contributed by atoms with Crippen LogP contribution >= 0.6 is 11.3 Å².